The van der Waals surface area contributed by atoms with Crippen LogP contribution in [-0.2, 0) is 0 Å². The molecule has 1 fully saturated rings. The molecule has 0 aromatic carbocycles. The fraction of sp³-hybridized carbons (Fsp3) is 1.00. The van der Waals surface area contributed by atoms with Crippen LogP contribution in [0.4, 0.5) is 0 Å². The lowest BCUT2D eigenvalue weighted by atomic mass is 9.76. The van der Waals surface area contributed by atoms with Crippen LogP contribution >= 0.6 is 0 Å². The SMILES string of the molecule is CC(C)C1CCCCC1NC(C)C(C)(C)C. The van der Waals surface area contributed by atoms with E-state index in [0.717, 1.165) is 17.9 Å². The van der Waals surface area contributed by atoms with E-state index in [-0.39, 0.29) is 0 Å². The highest BCUT2D eigenvalue weighted by Crippen LogP contribution is 2.31. The molecule has 0 aliphatic heterocycles. The van der Waals surface area contributed by atoms with Gasteiger partial charge in [-0.2, -0.15) is 0 Å². The average Bonchev–Trinajstić information content (AvgIpc) is 2.16. The van der Waals surface area contributed by atoms with Crippen molar-refractivity contribution < 1.29 is 0 Å². The molecule has 16 heavy (non-hydrogen) atoms. The minimum absolute atomic E-state index is 0.374. The highest BCUT2D eigenvalue weighted by molar-refractivity contribution is 4.87. The van der Waals surface area contributed by atoms with Crippen molar-refractivity contribution in [2.75, 3.05) is 0 Å². The summed E-state index contributed by atoms with van der Waals surface area (Å²) in [7, 11) is 0. The van der Waals surface area contributed by atoms with Crippen LogP contribution < -0.4 is 5.32 Å². The normalized spacial score (nSPS) is 29.4. The quantitative estimate of drug-likeness (QED) is 0.758. The summed E-state index contributed by atoms with van der Waals surface area (Å²) in [6, 6.07) is 1.36. The highest BCUT2D eigenvalue weighted by Gasteiger charge is 2.30. The average molecular weight is 225 g/mol. The fourth-order valence-corrected chi connectivity index (χ4v) is 2.74. The van der Waals surface area contributed by atoms with Gasteiger partial charge in [-0.25, -0.2) is 0 Å². The Labute approximate surface area is 102 Å². The third-order valence-electron chi connectivity index (χ3n) is 4.44. The second-order valence-electron chi connectivity index (χ2n) is 7.05. The molecule has 0 radical (unpaired) electrons. The summed E-state index contributed by atoms with van der Waals surface area (Å²) >= 11 is 0. The van der Waals surface area contributed by atoms with Crippen LogP contribution in [-0.4, -0.2) is 12.1 Å². The molecule has 0 amide bonds. The van der Waals surface area contributed by atoms with E-state index < -0.39 is 0 Å². The van der Waals surface area contributed by atoms with E-state index >= 15 is 0 Å². The maximum absolute atomic E-state index is 3.89. The van der Waals surface area contributed by atoms with E-state index in [9.17, 15) is 0 Å². The first-order valence-electron chi connectivity index (χ1n) is 7.08. The molecule has 1 saturated carbocycles. The Balaban J connectivity index is 2.56. The molecule has 0 heterocycles. The lowest BCUT2D eigenvalue weighted by molar-refractivity contribution is 0.162. The zero-order chi connectivity index (χ0) is 12.3. The van der Waals surface area contributed by atoms with Gasteiger partial charge in [0.1, 0.15) is 0 Å². The number of hydrogen-bond donors (Lipinski definition) is 1. The second kappa shape index (κ2) is 5.53. The molecule has 1 rings (SSSR count). The van der Waals surface area contributed by atoms with Gasteiger partial charge in [-0.15, -0.1) is 0 Å². The van der Waals surface area contributed by atoms with Gasteiger partial charge in [0.15, 0.2) is 0 Å². The van der Waals surface area contributed by atoms with Crippen LogP contribution in [0.1, 0.15) is 67.2 Å². The first kappa shape index (κ1) is 14.0. The van der Waals surface area contributed by atoms with Gasteiger partial charge in [0.2, 0.25) is 0 Å². The van der Waals surface area contributed by atoms with Gasteiger partial charge in [-0.1, -0.05) is 47.5 Å². The number of rotatable bonds is 3. The highest BCUT2D eigenvalue weighted by atomic mass is 15.0. The molecule has 0 aromatic heterocycles. The van der Waals surface area contributed by atoms with Crippen LogP contribution in [0.3, 0.4) is 0 Å². The third-order valence-corrected chi connectivity index (χ3v) is 4.44. The molecule has 1 heteroatoms. The van der Waals surface area contributed by atoms with Crippen molar-refractivity contribution in [3.05, 3.63) is 0 Å². The molecule has 96 valence electrons. The van der Waals surface area contributed by atoms with E-state index in [1.54, 1.807) is 0 Å². The van der Waals surface area contributed by atoms with Crippen molar-refractivity contribution in [2.24, 2.45) is 17.3 Å². The lowest BCUT2D eigenvalue weighted by Gasteiger charge is -2.40. The minimum atomic E-state index is 0.374. The van der Waals surface area contributed by atoms with E-state index in [2.05, 4.69) is 46.9 Å². The molecule has 3 unspecified atom stereocenters. The molecule has 1 aliphatic rings. The predicted molar refractivity (Wildman–Crippen MR) is 72.6 cm³/mol. The Hall–Kier alpha value is -0.0400. The minimum Gasteiger partial charge on any atom is -0.311 e. The van der Waals surface area contributed by atoms with Gasteiger partial charge in [0, 0.05) is 12.1 Å². The number of nitrogens with one attached hydrogen (secondary N) is 1. The third kappa shape index (κ3) is 3.76. The van der Waals surface area contributed by atoms with Gasteiger partial charge < -0.3 is 5.32 Å². The Morgan fingerprint density at radius 2 is 1.56 bits per heavy atom. The van der Waals surface area contributed by atoms with Crippen LogP contribution in [0.2, 0.25) is 0 Å². The van der Waals surface area contributed by atoms with Crippen molar-refractivity contribution in [3.8, 4) is 0 Å². The van der Waals surface area contributed by atoms with E-state index in [4.69, 9.17) is 0 Å². The molecule has 1 aliphatic carbocycles. The van der Waals surface area contributed by atoms with Gasteiger partial charge in [-0.3, -0.25) is 0 Å². The molecular weight excluding hydrogens is 194 g/mol. The van der Waals surface area contributed by atoms with Crippen LogP contribution in [0.15, 0.2) is 0 Å². The molecule has 0 saturated heterocycles. The van der Waals surface area contributed by atoms with Crippen molar-refractivity contribution in [1.29, 1.82) is 0 Å². The Morgan fingerprint density at radius 3 is 2.06 bits per heavy atom. The second-order valence-corrected chi connectivity index (χ2v) is 7.05. The summed E-state index contributed by atoms with van der Waals surface area (Å²) < 4.78 is 0. The Morgan fingerprint density at radius 1 is 1.00 bits per heavy atom. The molecule has 0 aromatic rings. The van der Waals surface area contributed by atoms with E-state index in [1.807, 2.05) is 0 Å². The van der Waals surface area contributed by atoms with Crippen LogP contribution in [0.5, 0.6) is 0 Å². The molecule has 0 spiro atoms. The van der Waals surface area contributed by atoms with Crippen molar-refractivity contribution in [3.63, 3.8) is 0 Å². The van der Waals surface area contributed by atoms with Crippen LogP contribution in [0.25, 0.3) is 0 Å². The van der Waals surface area contributed by atoms with Crippen molar-refractivity contribution >= 4 is 0 Å². The summed E-state index contributed by atoms with van der Waals surface area (Å²) in [5, 5.41) is 3.89. The maximum Gasteiger partial charge on any atom is 0.0100 e. The van der Waals surface area contributed by atoms with Gasteiger partial charge in [-0.05, 0) is 37.0 Å². The summed E-state index contributed by atoms with van der Waals surface area (Å²) in [4.78, 5) is 0. The summed E-state index contributed by atoms with van der Waals surface area (Å²) in [5.74, 6) is 1.71. The zero-order valence-electron chi connectivity index (χ0n) is 12.1. The number of hydrogen-bond acceptors (Lipinski definition) is 1. The monoisotopic (exact) mass is 225 g/mol. The van der Waals surface area contributed by atoms with Crippen molar-refractivity contribution in [1.82, 2.24) is 5.32 Å². The standard InChI is InChI=1S/C15H31N/c1-11(2)13-9-7-8-10-14(13)16-12(3)15(4,5)6/h11-14,16H,7-10H2,1-6H3. The summed E-state index contributed by atoms with van der Waals surface area (Å²) in [6.07, 6.45) is 5.65. The fourth-order valence-electron chi connectivity index (χ4n) is 2.74. The molecule has 3 atom stereocenters. The Kier molecular flexibility index (Phi) is 4.85. The Bertz CT molecular complexity index is 202. The van der Waals surface area contributed by atoms with Gasteiger partial charge in [0.25, 0.3) is 0 Å². The predicted octanol–water partition coefficient (Wildman–Crippen LogP) is 4.23. The summed E-state index contributed by atoms with van der Waals surface area (Å²) in [6.45, 7) is 14.1. The molecule has 1 nitrogen and oxygen atoms in total. The molecule has 0 bridgehead atoms. The largest absolute Gasteiger partial charge is 0.311 e. The molecular formula is C15H31N. The van der Waals surface area contributed by atoms with Crippen molar-refractivity contribution in [2.45, 2.75) is 79.3 Å². The maximum atomic E-state index is 3.89. The lowest BCUT2D eigenvalue weighted by Crippen LogP contribution is -2.49. The first-order chi connectivity index (χ1) is 7.32. The van der Waals surface area contributed by atoms with Gasteiger partial charge >= 0.3 is 0 Å². The van der Waals surface area contributed by atoms with E-state index in [1.165, 1.54) is 25.7 Å². The first-order valence-corrected chi connectivity index (χ1v) is 7.08. The molecule has 1 N–H and O–H groups in total. The smallest absolute Gasteiger partial charge is 0.0100 e. The zero-order valence-corrected chi connectivity index (χ0v) is 12.1. The summed E-state index contributed by atoms with van der Waals surface area (Å²) in [5.41, 5.74) is 0.374. The van der Waals surface area contributed by atoms with Crippen LogP contribution in [0, 0.1) is 17.3 Å². The topological polar surface area (TPSA) is 12.0 Å². The van der Waals surface area contributed by atoms with Gasteiger partial charge in [0.05, 0.1) is 0 Å². The van der Waals surface area contributed by atoms with E-state index in [0.29, 0.717) is 11.5 Å².